The summed E-state index contributed by atoms with van der Waals surface area (Å²) in [5, 5.41) is 11.1. The molecule has 0 aromatic carbocycles. The smallest absolute Gasteiger partial charge is 0.299 e. The van der Waals surface area contributed by atoms with E-state index in [4.69, 9.17) is 10.8 Å². The van der Waals surface area contributed by atoms with Gasteiger partial charge in [-0.1, -0.05) is 5.16 Å². The topological polar surface area (TPSA) is 67.8 Å². The maximum Gasteiger partial charge on any atom is 0.299 e. The Labute approximate surface area is 40.9 Å². The van der Waals surface area contributed by atoms with E-state index in [1.165, 1.54) is 0 Å². The Morgan fingerprint density at radius 3 is 2.71 bits per heavy atom. The van der Waals surface area contributed by atoms with Gasteiger partial charge in [0.2, 0.25) is 0 Å². The Bertz CT molecular complexity index is 88.9. The molecule has 0 saturated carbocycles. The monoisotopic (exact) mass is 102 g/mol. The fraction of sp³-hybridized carbons (Fsp3) is 0. The zero-order valence-electron chi connectivity index (χ0n) is 3.66. The highest BCUT2D eigenvalue weighted by molar-refractivity contribution is 5.50. The Morgan fingerprint density at radius 1 is 2.00 bits per heavy atom. The van der Waals surface area contributed by atoms with Crippen molar-refractivity contribution in [1.29, 1.82) is 0 Å². The minimum absolute atomic E-state index is 0.471. The third-order valence-corrected chi connectivity index (χ3v) is 0.219. The van der Waals surface area contributed by atoms with E-state index in [-0.39, 0.29) is 0 Å². The first-order valence-corrected chi connectivity index (χ1v) is 1.56. The SMILES string of the molecule is C=C(O)O/N=C\N. The molecule has 0 aromatic rings. The summed E-state index contributed by atoms with van der Waals surface area (Å²) in [4.78, 5) is 4.00. The summed E-state index contributed by atoms with van der Waals surface area (Å²) in [5.74, 6) is -0.471. The van der Waals surface area contributed by atoms with Crippen LogP contribution in [0, 0.1) is 0 Å². The number of aliphatic hydroxyl groups excluding tert-OH is 1. The van der Waals surface area contributed by atoms with Crippen LogP contribution in [0.2, 0.25) is 0 Å². The Morgan fingerprint density at radius 2 is 2.57 bits per heavy atom. The molecule has 0 radical (unpaired) electrons. The lowest BCUT2D eigenvalue weighted by Crippen LogP contribution is -1.89. The fourth-order valence-corrected chi connectivity index (χ4v) is 0.0913. The van der Waals surface area contributed by atoms with Gasteiger partial charge in [-0.25, -0.2) is 0 Å². The second kappa shape index (κ2) is 3.02. The summed E-state index contributed by atoms with van der Waals surface area (Å²) in [7, 11) is 0. The summed E-state index contributed by atoms with van der Waals surface area (Å²) in [6.07, 6.45) is 0.904. The molecule has 0 amide bonds. The number of nitrogens with zero attached hydrogens (tertiary/aromatic N) is 1. The fourth-order valence-electron chi connectivity index (χ4n) is 0.0913. The van der Waals surface area contributed by atoms with E-state index in [1.807, 2.05) is 0 Å². The number of rotatable bonds is 2. The minimum Gasteiger partial charge on any atom is -0.480 e. The van der Waals surface area contributed by atoms with Crippen molar-refractivity contribution >= 4 is 6.34 Å². The molecule has 0 heterocycles. The number of hydrogen-bond acceptors (Lipinski definition) is 3. The van der Waals surface area contributed by atoms with Crippen LogP contribution >= 0.6 is 0 Å². The lowest BCUT2D eigenvalue weighted by atomic mass is 11.1. The molecular formula is C3H6N2O2. The molecular weight excluding hydrogens is 96.0 g/mol. The van der Waals surface area contributed by atoms with Crippen molar-refractivity contribution < 1.29 is 9.94 Å². The molecule has 0 unspecified atom stereocenters. The first kappa shape index (κ1) is 5.81. The molecule has 0 aliphatic rings. The van der Waals surface area contributed by atoms with Gasteiger partial charge in [0.25, 0.3) is 5.95 Å². The van der Waals surface area contributed by atoms with Gasteiger partial charge in [-0.3, -0.25) is 0 Å². The van der Waals surface area contributed by atoms with Gasteiger partial charge >= 0.3 is 0 Å². The van der Waals surface area contributed by atoms with Crippen LogP contribution in [0.5, 0.6) is 0 Å². The van der Waals surface area contributed by atoms with Gasteiger partial charge in [0, 0.05) is 0 Å². The van der Waals surface area contributed by atoms with Gasteiger partial charge in [0.1, 0.15) is 6.34 Å². The molecule has 0 rings (SSSR count). The summed E-state index contributed by atoms with van der Waals surface area (Å²) in [6, 6.07) is 0. The van der Waals surface area contributed by atoms with Crippen molar-refractivity contribution in [3.63, 3.8) is 0 Å². The molecule has 0 aromatic heterocycles. The van der Waals surface area contributed by atoms with Gasteiger partial charge < -0.3 is 15.7 Å². The first-order chi connectivity index (χ1) is 3.27. The van der Waals surface area contributed by atoms with E-state index in [0.717, 1.165) is 6.34 Å². The van der Waals surface area contributed by atoms with Crippen molar-refractivity contribution in [1.82, 2.24) is 0 Å². The van der Waals surface area contributed by atoms with Crippen LogP contribution < -0.4 is 5.73 Å². The standard InChI is InChI=1S/C3H6N2O2/c1-3(6)7-5-2-4/h2,6H,1H2,(H2,4,5). The van der Waals surface area contributed by atoms with Crippen molar-refractivity contribution in [2.24, 2.45) is 10.9 Å². The van der Waals surface area contributed by atoms with Gasteiger partial charge in [0.15, 0.2) is 0 Å². The molecule has 4 nitrogen and oxygen atoms in total. The van der Waals surface area contributed by atoms with Crippen LogP contribution in [0.1, 0.15) is 0 Å². The van der Waals surface area contributed by atoms with Crippen LogP contribution in [-0.4, -0.2) is 11.4 Å². The molecule has 40 valence electrons. The zero-order chi connectivity index (χ0) is 5.70. The average Bonchev–Trinajstić information content (AvgIpc) is 1.61. The van der Waals surface area contributed by atoms with Gasteiger partial charge in [-0.2, -0.15) is 0 Å². The number of nitrogens with two attached hydrogens (primary N) is 1. The summed E-state index contributed by atoms with van der Waals surface area (Å²) >= 11 is 0. The van der Waals surface area contributed by atoms with E-state index in [2.05, 4.69) is 16.6 Å². The minimum atomic E-state index is -0.471. The molecule has 0 aliphatic heterocycles. The molecule has 0 bridgehead atoms. The van der Waals surface area contributed by atoms with Crippen molar-refractivity contribution in [2.75, 3.05) is 0 Å². The molecule has 3 N–H and O–H groups in total. The summed E-state index contributed by atoms with van der Waals surface area (Å²) in [5.41, 5.74) is 4.71. The first-order valence-electron chi connectivity index (χ1n) is 1.56. The van der Waals surface area contributed by atoms with Crippen LogP contribution in [0.4, 0.5) is 0 Å². The molecule has 7 heavy (non-hydrogen) atoms. The van der Waals surface area contributed by atoms with Crippen LogP contribution in [0.25, 0.3) is 0 Å². The average molecular weight is 102 g/mol. The second-order valence-electron chi connectivity index (χ2n) is 0.740. The molecule has 0 aliphatic carbocycles. The van der Waals surface area contributed by atoms with E-state index in [0.29, 0.717) is 0 Å². The Kier molecular flexibility index (Phi) is 2.50. The number of aliphatic hydroxyl groups is 1. The van der Waals surface area contributed by atoms with E-state index < -0.39 is 5.95 Å². The maximum absolute atomic E-state index is 8.10. The predicted octanol–water partition coefficient (Wildman–Crippen LogP) is -0.0658. The maximum atomic E-state index is 8.10. The van der Waals surface area contributed by atoms with E-state index >= 15 is 0 Å². The van der Waals surface area contributed by atoms with Crippen LogP contribution in [0.3, 0.4) is 0 Å². The van der Waals surface area contributed by atoms with Gasteiger partial charge in [-0.15, -0.1) is 0 Å². The Balaban J connectivity index is 3.14. The molecule has 4 heteroatoms. The molecule has 0 fully saturated rings. The van der Waals surface area contributed by atoms with Crippen molar-refractivity contribution in [3.05, 3.63) is 12.5 Å². The summed E-state index contributed by atoms with van der Waals surface area (Å²) < 4.78 is 0. The third kappa shape index (κ3) is 4.81. The number of oxime groups is 1. The third-order valence-electron chi connectivity index (χ3n) is 0.219. The van der Waals surface area contributed by atoms with Gasteiger partial charge in [-0.05, 0) is 6.58 Å². The summed E-state index contributed by atoms with van der Waals surface area (Å²) in [6.45, 7) is 2.96. The largest absolute Gasteiger partial charge is 0.480 e. The van der Waals surface area contributed by atoms with E-state index in [9.17, 15) is 0 Å². The molecule has 0 atom stereocenters. The van der Waals surface area contributed by atoms with E-state index in [1.54, 1.807) is 0 Å². The molecule has 0 spiro atoms. The van der Waals surface area contributed by atoms with Crippen LogP contribution in [-0.2, 0) is 4.84 Å². The van der Waals surface area contributed by atoms with Crippen LogP contribution in [0.15, 0.2) is 17.7 Å². The highest BCUT2D eigenvalue weighted by Gasteiger charge is 1.76. The predicted molar refractivity (Wildman–Crippen MR) is 25.5 cm³/mol. The number of hydrogen-bond donors (Lipinski definition) is 2. The second-order valence-corrected chi connectivity index (χ2v) is 0.740. The Hall–Kier alpha value is -1.19. The zero-order valence-corrected chi connectivity index (χ0v) is 3.66. The van der Waals surface area contributed by atoms with Crippen molar-refractivity contribution in [3.8, 4) is 0 Å². The van der Waals surface area contributed by atoms with Crippen molar-refractivity contribution in [2.45, 2.75) is 0 Å². The highest BCUT2D eigenvalue weighted by atomic mass is 16.7. The van der Waals surface area contributed by atoms with Gasteiger partial charge in [0.05, 0.1) is 0 Å². The molecule has 0 saturated heterocycles. The quantitative estimate of drug-likeness (QED) is 0.222. The highest BCUT2D eigenvalue weighted by Crippen LogP contribution is 1.82. The lowest BCUT2D eigenvalue weighted by molar-refractivity contribution is 0.102. The normalized spacial score (nSPS) is 9.14. The lowest BCUT2D eigenvalue weighted by Gasteiger charge is -1.87.